The molecule has 48 heavy (non-hydrogen) atoms. The Morgan fingerprint density at radius 2 is 1.73 bits per heavy atom. The first kappa shape index (κ1) is 34.5. The number of fused-ring (bicyclic) bond motifs is 2. The molecule has 4 aliphatic rings. The van der Waals surface area contributed by atoms with Gasteiger partial charge in [-0.1, -0.05) is 51.1 Å². The van der Waals surface area contributed by atoms with Crippen molar-refractivity contribution >= 4 is 36.1 Å². The fourth-order valence-electron chi connectivity index (χ4n) is 7.44. The van der Waals surface area contributed by atoms with Gasteiger partial charge in [-0.05, 0) is 101 Å². The molecule has 0 radical (unpaired) electrons. The first-order chi connectivity index (χ1) is 23.0. The lowest BCUT2D eigenvalue weighted by Crippen LogP contribution is -2.60. The number of amides is 1. The summed E-state index contributed by atoms with van der Waals surface area (Å²) in [4.78, 5) is 20.7. The first-order valence-corrected chi connectivity index (χ1v) is 20.4. The van der Waals surface area contributed by atoms with Gasteiger partial charge < -0.3 is 35.4 Å². The van der Waals surface area contributed by atoms with Gasteiger partial charge in [-0.25, -0.2) is 0 Å². The number of nitrogens with zero attached hydrogens (tertiary/aromatic N) is 2. The van der Waals surface area contributed by atoms with E-state index in [4.69, 9.17) is 9.73 Å². The second-order valence-electron chi connectivity index (χ2n) is 14.0. The normalized spacial score (nSPS) is 27.2. The number of aliphatic hydroxyl groups excluding tert-OH is 4. The summed E-state index contributed by atoms with van der Waals surface area (Å²) in [5, 5.41) is 45.5. The summed E-state index contributed by atoms with van der Waals surface area (Å²) in [5.41, 5.74) is 8.43. The minimum Gasteiger partial charge on any atom is -0.388 e. The minimum absolute atomic E-state index is 0.148. The summed E-state index contributed by atoms with van der Waals surface area (Å²) in [5.74, 6) is -0.372. The second-order valence-corrected chi connectivity index (χ2v) is 18.3. The molecule has 3 aliphatic heterocycles. The highest BCUT2D eigenvalue weighted by atomic mass is 28.3. The highest BCUT2D eigenvalue weighted by Gasteiger charge is 2.43. The van der Waals surface area contributed by atoms with Crippen LogP contribution in [0.5, 0.6) is 0 Å². The van der Waals surface area contributed by atoms with Crippen molar-refractivity contribution in [2.45, 2.75) is 89.8 Å². The maximum absolute atomic E-state index is 13.2. The van der Waals surface area contributed by atoms with Crippen molar-refractivity contribution in [1.29, 1.82) is 0 Å². The largest absolute Gasteiger partial charge is 0.388 e. The second kappa shape index (κ2) is 14.2. The smallest absolute Gasteiger partial charge is 0.251 e. The number of carbonyl (C=O) groups excluding carboxylic acids is 1. The van der Waals surface area contributed by atoms with Gasteiger partial charge in [0.15, 0.2) is 6.29 Å². The predicted molar refractivity (Wildman–Crippen MR) is 192 cm³/mol. The molecule has 0 unspecified atom stereocenters. The van der Waals surface area contributed by atoms with Crippen molar-refractivity contribution in [3.05, 3.63) is 87.6 Å². The van der Waals surface area contributed by atoms with Crippen molar-refractivity contribution in [2.24, 2.45) is 4.99 Å². The number of aliphatic imine (C=N–C) groups is 1. The van der Waals surface area contributed by atoms with Crippen LogP contribution in [0.15, 0.2) is 70.4 Å². The molecule has 1 amide bonds. The Morgan fingerprint density at radius 1 is 0.979 bits per heavy atom. The first-order valence-electron chi connectivity index (χ1n) is 17.4. The van der Waals surface area contributed by atoms with Crippen molar-refractivity contribution in [2.75, 3.05) is 31.1 Å². The molecule has 10 heteroatoms. The van der Waals surface area contributed by atoms with Gasteiger partial charge in [-0.3, -0.25) is 9.79 Å². The average molecular weight is 672 g/mol. The SMILES string of the molecule is CCCCCN=C1C=CC2=C(c3ccc(C(=O)NC[C@H]4O[C@H](O)[C@H](O)[C@@H](O)[C@@H]4O)cc3C)c3ccc(N4CCCC4)cc3[Si](C)(C)C2=C1. The van der Waals surface area contributed by atoms with E-state index in [2.05, 4.69) is 66.7 Å². The van der Waals surface area contributed by atoms with E-state index < -0.39 is 38.8 Å². The van der Waals surface area contributed by atoms with Gasteiger partial charge in [0.1, 0.15) is 32.5 Å². The molecule has 5 atom stereocenters. The van der Waals surface area contributed by atoms with Crippen LogP contribution < -0.4 is 15.4 Å². The van der Waals surface area contributed by atoms with Gasteiger partial charge in [-0.15, -0.1) is 0 Å². The number of ether oxygens (including phenoxy) is 1. The molecule has 5 N–H and O–H groups in total. The Balaban J connectivity index is 1.34. The molecule has 256 valence electrons. The van der Waals surface area contributed by atoms with Crippen LogP contribution in [0.2, 0.25) is 13.1 Å². The third-order valence-corrected chi connectivity index (χ3v) is 13.8. The Hall–Kier alpha value is -3.38. The molecule has 2 fully saturated rings. The maximum atomic E-state index is 13.2. The van der Waals surface area contributed by atoms with Crippen LogP contribution in [0.4, 0.5) is 5.69 Å². The molecule has 0 saturated carbocycles. The van der Waals surface area contributed by atoms with Crippen LogP contribution in [-0.2, 0) is 4.74 Å². The standard InChI is InChI=1S/C38H49N3O6Si/c1-5-6-7-16-39-25-11-14-28-31(20-25)48(3,4)32-21-26(41-17-8-9-18-41)12-15-29(32)33(28)27-13-10-24(19-23(27)2)37(45)40-22-30-34(42)35(43)36(44)38(46)47-30/h10-15,19-21,30,34-36,38,42-44,46H,5-9,16-18,22H2,1-4H3,(H,40,45)/t30-,34-,35+,36-,38+/m1/s1. The van der Waals surface area contributed by atoms with Crippen LogP contribution in [0.25, 0.3) is 5.57 Å². The molecule has 0 bridgehead atoms. The van der Waals surface area contributed by atoms with Gasteiger partial charge in [0.2, 0.25) is 0 Å². The summed E-state index contributed by atoms with van der Waals surface area (Å²) in [7, 11) is -2.12. The number of allylic oxidation sites excluding steroid dienone is 5. The Morgan fingerprint density at radius 3 is 2.46 bits per heavy atom. The number of anilines is 1. The number of hydrogen-bond acceptors (Lipinski definition) is 8. The summed E-state index contributed by atoms with van der Waals surface area (Å²) in [6.45, 7) is 12.0. The number of unbranched alkanes of at least 4 members (excludes halogenated alkanes) is 2. The van der Waals surface area contributed by atoms with E-state index in [0.717, 1.165) is 42.9 Å². The molecule has 1 aliphatic carbocycles. The fraction of sp³-hybridized carbons (Fsp3) is 0.474. The van der Waals surface area contributed by atoms with E-state index in [1.165, 1.54) is 58.5 Å². The Labute approximate surface area is 284 Å². The molecule has 3 heterocycles. The number of hydrogen-bond donors (Lipinski definition) is 5. The molecule has 2 aromatic carbocycles. The molecule has 2 aromatic rings. The van der Waals surface area contributed by atoms with E-state index in [1.54, 1.807) is 0 Å². The topological polar surface area (TPSA) is 135 Å². The quantitative estimate of drug-likeness (QED) is 0.204. The average Bonchev–Trinajstić information content (AvgIpc) is 3.63. The van der Waals surface area contributed by atoms with Gasteiger partial charge >= 0.3 is 0 Å². The van der Waals surface area contributed by atoms with Crippen LogP contribution in [0.3, 0.4) is 0 Å². The lowest BCUT2D eigenvalue weighted by atomic mass is 9.87. The zero-order chi connectivity index (χ0) is 34.2. The monoisotopic (exact) mass is 671 g/mol. The minimum atomic E-state index is -2.12. The fourth-order valence-corrected chi connectivity index (χ4v) is 10.5. The Bertz CT molecular complexity index is 1670. The van der Waals surface area contributed by atoms with Gasteiger partial charge in [0.05, 0.1) is 5.71 Å². The lowest BCUT2D eigenvalue weighted by Gasteiger charge is -2.39. The maximum Gasteiger partial charge on any atom is 0.251 e. The molecule has 0 spiro atoms. The number of nitrogens with one attached hydrogen (secondary N) is 1. The van der Waals surface area contributed by atoms with Crippen LogP contribution >= 0.6 is 0 Å². The molecule has 2 saturated heterocycles. The van der Waals surface area contributed by atoms with Gasteiger partial charge in [0.25, 0.3) is 5.91 Å². The van der Waals surface area contributed by atoms with E-state index >= 15 is 0 Å². The van der Waals surface area contributed by atoms with Gasteiger partial charge in [-0.2, -0.15) is 0 Å². The highest BCUT2D eigenvalue weighted by Crippen LogP contribution is 2.43. The molecular formula is C38H49N3O6Si. The van der Waals surface area contributed by atoms with Crippen molar-refractivity contribution in [3.8, 4) is 0 Å². The third kappa shape index (κ3) is 6.62. The number of aliphatic hydroxyl groups is 4. The number of aryl methyl sites for hydroxylation is 1. The van der Waals surface area contributed by atoms with Gasteiger partial charge in [0, 0.05) is 37.4 Å². The van der Waals surface area contributed by atoms with E-state index in [9.17, 15) is 25.2 Å². The summed E-state index contributed by atoms with van der Waals surface area (Å²) in [6.07, 6.45) is 5.20. The van der Waals surface area contributed by atoms with Crippen molar-refractivity contribution < 1.29 is 30.0 Å². The number of rotatable bonds is 9. The third-order valence-electron chi connectivity index (χ3n) is 10.3. The molecule has 6 rings (SSSR count). The zero-order valence-electron chi connectivity index (χ0n) is 28.4. The molecule has 9 nitrogen and oxygen atoms in total. The van der Waals surface area contributed by atoms with Crippen molar-refractivity contribution in [1.82, 2.24) is 5.32 Å². The number of benzene rings is 2. The van der Waals surface area contributed by atoms with E-state index in [0.29, 0.717) is 5.56 Å². The highest BCUT2D eigenvalue weighted by molar-refractivity contribution is 6.98. The van der Waals surface area contributed by atoms with Crippen LogP contribution in [0, 0.1) is 6.92 Å². The zero-order valence-corrected chi connectivity index (χ0v) is 29.4. The molecule has 0 aromatic heterocycles. The van der Waals surface area contributed by atoms with Crippen LogP contribution in [0.1, 0.15) is 66.1 Å². The van der Waals surface area contributed by atoms with Crippen molar-refractivity contribution in [3.63, 3.8) is 0 Å². The predicted octanol–water partition coefficient (Wildman–Crippen LogP) is 3.52. The van der Waals surface area contributed by atoms with E-state index in [-0.39, 0.29) is 12.5 Å². The summed E-state index contributed by atoms with van der Waals surface area (Å²) >= 11 is 0. The van der Waals surface area contributed by atoms with E-state index in [1.807, 2.05) is 25.1 Å². The van der Waals surface area contributed by atoms with Crippen LogP contribution in [-0.4, -0.2) is 97.0 Å². The lowest BCUT2D eigenvalue weighted by molar-refractivity contribution is -0.279. The Kier molecular flexibility index (Phi) is 10.2. The molecular weight excluding hydrogens is 623 g/mol. The summed E-state index contributed by atoms with van der Waals surface area (Å²) in [6, 6.07) is 12.7. The summed E-state index contributed by atoms with van der Waals surface area (Å²) < 4.78 is 5.23. The number of carbonyl (C=O) groups is 1.